The maximum absolute atomic E-state index is 6.34. The molecule has 0 unspecified atom stereocenters. The normalized spacial score (nSPS) is 11.8. The Labute approximate surface area is 213 Å². The van der Waals surface area contributed by atoms with Crippen molar-refractivity contribution in [1.82, 2.24) is 4.98 Å². The molecule has 2 nitrogen and oxygen atoms in total. The smallest absolute Gasteiger partial charge is 0.161 e. The van der Waals surface area contributed by atoms with Crippen molar-refractivity contribution in [3.63, 3.8) is 0 Å². The van der Waals surface area contributed by atoms with Gasteiger partial charge in [0.05, 0.1) is 0 Å². The van der Waals surface area contributed by atoms with Crippen LogP contribution in [0.5, 0.6) is 0 Å². The minimum Gasteiger partial charge on any atom is -0.454 e. The van der Waals surface area contributed by atoms with Crippen molar-refractivity contribution < 1.29 is 4.42 Å². The van der Waals surface area contributed by atoms with Gasteiger partial charge in [0.1, 0.15) is 11.3 Å². The van der Waals surface area contributed by atoms with Gasteiger partial charge in [0, 0.05) is 22.5 Å². The van der Waals surface area contributed by atoms with Crippen molar-refractivity contribution >= 4 is 54.3 Å². The van der Waals surface area contributed by atoms with Crippen molar-refractivity contribution in [3.05, 3.63) is 128 Å². The van der Waals surface area contributed by atoms with Crippen molar-refractivity contribution in [1.29, 1.82) is 0 Å². The average Bonchev–Trinajstić information content (AvgIpc) is 3.36. The third kappa shape index (κ3) is 3.03. The topological polar surface area (TPSA) is 26.0 Å². The largest absolute Gasteiger partial charge is 0.454 e. The summed E-state index contributed by atoms with van der Waals surface area (Å²) in [4.78, 5) is 4.65. The molecule has 0 N–H and O–H groups in total. The molecule has 8 rings (SSSR count). The Bertz CT molecular complexity index is 2100. The van der Waals surface area contributed by atoms with Crippen LogP contribution < -0.4 is 0 Å². The molecule has 172 valence electrons. The van der Waals surface area contributed by atoms with Gasteiger partial charge >= 0.3 is 0 Å². The summed E-state index contributed by atoms with van der Waals surface area (Å²) in [5.41, 5.74) is 6.01. The Kier molecular flexibility index (Phi) is 4.26. The van der Waals surface area contributed by atoms with Crippen LogP contribution in [0.4, 0.5) is 0 Å². The van der Waals surface area contributed by atoms with E-state index in [1.54, 1.807) is 0 Å². The van der Waals surface area contributed by atoms with Crippen LogP contribution in [0, 0.1) is 0 Å². The number of hydrogen-bond donors (Lipinski definition) is 0. The fourth-order valence-corrected chi connectivity index (χ4v) is 5.77. The molecule has 0 aliphatic rings. The number of furan rings is 1. The molecule has 0 fully saturated rings. The fraction of sp³-hybridized carbons (Fsp3) is 0. The molecule has 0 aliphatic heterocycles. The van der Waals surface area contributed by atoms with Gasteiger partial charge in [0.2, 0.25) is 0 Å². The van der Waals surface area contributed by atoms with Crippen LogP contribution in [-0.2, 0) is 0 Å². The molecule has 0 amide bonds. The molecule has 0 aliphatic carbocycles. The van der Waals surface area contributed by atoms with E-state index in [0.29, 0.717) is 0 Å². The summed E-state index contributed by atoms with van der Waals surface area (Å²) in [6.45, 7) is 0. The van der Waals surface area contributed by atoms with Gasteiger partial charge < -0.3 is 4.42 Å². The zero-order valence-electron chi connectivity index (χ0n) is 20.0. The van der Waals surface area contributed by atoms with E-state index in [1.165, 1.54) is 43.4 Å². The third-order valence-electron chi connectivity index (χ3n) is 7.51. The second-order valence-corrected chi connectivity index (χ2v) is 9.57. The van der Waals surface area contributed by atoms with Crippen LogP contribution in [0.25, 0.3) is 76.6 Å². The van der Waals surface area contributed by atoms with Gasteiger partial charge in [-0.25, -0.2) is 0 Å². The maximum Gasteiger partial charge on any atom is 0.161 e. The van der Waals surface area contributed by atoms with Crippen LogP contribution in [0.3, 0.4) is 0 Å². The van der Waals surface area contributed by atoms with Crippen molar-refractivity contribution in [2.24, 2.45) is 0 Å². The lowest BCUT2D eigenvalue weighted by Crippen LogP contribution is -1.85. The predicted molar refractivity (Wildman–Crippen MR) is 155 cm³/mol. The first-order chi connectivity index (χ1) is 18.3. The van der Waals surface area contributed by atoms with Crippen LogP contribution in [0.1, 0.15) is 0 Å². The summed E-state index contributed by atoms with van der Waals surface area (Å²) >= 11 is 0. The summed E-state index contributed by atoms with van der Waals surface area (Å²) in [6.07, 6.45) is 1.87. The monoisotopic (exact) mass is 471 g/mol. The quantitative estimate of drug-likeness (QED) is 0.235. The molecule has 37 heavy (non-hydrogen) atoms. The summed E-state index contributed by atoms with van der Waals surface area (Å²) in [6, 6.07) is 43.0. The highest BCUT2D eigenvalue weighted by Gasteiger charge is 2.15. The van der Waals surface area contributed by atoms with Crippen molar-refractivity contribution in [2.45, 2.75) is 0 Å². The molecule has 0 radical (unpaired) electrons. The maximum atomic E-state index is 6.34. The molecule has 2 aromatic heterocycles. The molecular formula is C35H21NO. The van der Waals surface area contributed by atoms with Gasteiger partial charge in [0.25, 0.3) is 0 Å². The standard InChI is InChI=1S/C35H21NO/c1-2-8-22(9-3-1)34-35-30(18-19-36-34)32-21-24(15-17-33(32)37-35)23-14-16-29-27-12-5-4-10-25(27)26-11-6-7-13-28(26)31(29)20-23/h1-21H. The highest BCUT2D eigenvalue weighted by atomic mass is 16.3. The number of hydrogen-bond acceptors (Lipinski definition) is 2. The molecule has 2 heteroatoms. The lowest BCUT2D eigenvalue weighted by Gasteiger charge is -2.12. The van der Waals surface area contributed by atoms with E-state index < -0.39 is 0 Å². The van der Waals surface area contributed by atoms with E-state index in [9.17, 15) is 0 Å². The second kappa shape index (κ2) is 7.78. The van der Waals surface area contributed by atoms with Gasteiger partial charge in [-0.1, -0.05) is 97.1 Å². The van der Waals surface area contributed by atoms with Crippen molar-refractivity contribution in [2.75, 3.05) is 0 Å². The third-order valence-corrected chi connectivity index (χ3v) is 7.51. The summed E-state index contributed by atoms with van der Waals surface area (Å²) in [7, 11) is 0. The first kappa shape index (κ1) is 20.3. The van der Waals surface area contributed by atoms with E-state index in [4.69, 9.17) is 4.42 Å². The van der Waals surface area contributed by atoms with Crippen LogP contribution >= 0.6 is 0 Å². The zero-order chi connectivity index (χ0) is 24.3. The highest BCUT2D eigenvalue weighted by Crippen LogP contribution is 2.39. The lowest BCUT2D eigenvalue weighted by molar-refractivity contribution is 0.668. The number of benzene rings is 6. The second-order valence-electron chi connectivity index (χ2n) is 9.57. The van der Waals surface area contributed by atoms with Gasteiger partial charge in [-0.15, -0.1) is 0 Å². The molecule has 8 aromatic rings. The number of fused-ring (bicyclic) bond motifs is 9. The number of nitrogens with zero attached hydrogens (tertiary/aromatic N) is 1. The molecule has 2 heterocycles. The fourth-order valence-electron chi connectivity index (χ4n) is 5.77. The minimum absolute atomic E-state index is 0.830. The van der Waals surface area contributed by atoms with Gasteiger partial charge in [-0.3, -0.25) is 4.98 Å². The van der Waals surface area contributed by atoms with Gasteiger partial charge in [0.15, 0.2) is 5.58 Å². The highest BCUT2D eigenvalue weighted by molar-refractivity contribution is 6.25. The van der Waals surface area contributed by atoms with Crippen molar-refractivity contribution in [3.8, 4) is 22.4 Å². The molecule has 6 aromatic carbocycles. The minimum atomic E-state index is 0.830. The average molecular weight is 472 g/mol. The molecule has 0 spiro atoms. The molecule has 0 atom stereocenters. The van der Waals surface area contributed by atoms with Crippen LogP contribution in [0.15, 0.2) is 132 Å². The summed E-state index contributed by atoms with van der Waals surface area (Å²) in [5, 5.41) is 9.92. The lowest BCUT2D eigenvalue weighted by atomic mass is 9.92. The molecule has 0 saturated carbocycles. The number of pyridine rings is 1. The van der Waals surface area contributed by atoms with E-state index in [0.717, 1.165) is 33.2 Å². The van der Waals surface area contributed by atoms with Crippen LogP contribution in [0.2, 0.25) is 0 Å². The number of aromatic nitrogens is 1. The SMILES string of the molecule is c1ccc(-c2nccc3c2oc2ccc(-c4ccc5c6ccccc6c6ccccc6c5c4)cc23)cc1. The van der Waals surface area contributed by atoms with Gasteiger partial charge in [-0.05, 0) is 67.7 Å². The van der Waals surface area contributed by atoms with E-state index in [-0.39, 0.29) is 0 Å². The van der Waals surface area contributed by atoms with E-state index in [1.807, 2.05) is 24.4 Å². The number of rotatable bonds is 2. The summed E-state index contributed by atoms with van der Waals surface area (Å²) in [5.74, 6) is 0. The zero-order valence-corrected chi connectivity index (χ0v) is 20.0. The van der Waals surface area contributed by atoms with Gasteiger partial charge in [-0.2, -0.15) is 0 Å². The molecular weight excluding hydrogens is 450 g/mol. The molecule has 0 saturated heterocycles. The first-order valence-electron chi connectivity index (χ1n) is 12.6. The Balaban J connectivity index is 1.36. The molecule has 0 bridgehead atoms. The Morgan fingerprint density at radius 3 is 1.68 bits per heavy atom. The van der Waals surface area contributed by atoms with E-state index >= 15 is 0 Å². The Morgan fingerprint density at radius 2 is 0.973 bits per heavy atom. The Hall–Kier alpha value is -4.95. The van der Waals surface area contributed by atoms with Crippen LogP contribution in [-0.4, -0.2) is 4.98 Å². The predicted octanol–water partition coefficient (Wildman–Crippen LogP) is 9.77. The Morgan fingerprint density at radius 1 is 0.405 bits per heavy atom. The first-order valence-corrected chi connectivity index (χ1v) is 12.6. The van der Waals surface area contributed by atoms with E-state index in [2.05, 4.69) is 108 Å². The summed E-state index contributed by atoms with van der Waals surface area (Å²) < 4.78 is 6.34.